The maximum Gasteiger partial charge on any atom is 0.132 e. The van der Waals surface area contributed by atoms with Crippen LogP contribution in [0, 0.1) is 0 Å². The Bertz CT molecular complexity index is 828. The first-order valence-electron chi connectivity index (χ1n) is 7.11. The first kappa shape index (κ1) is 14.2. The molecule has 0 aliphatic carbocycles. The summed E-state index contributed by atoms with van der Waals surface area (Å²) in [5, 5.41) is 1.06. The molecule has 22 heavy (non-hydrogen) atoms. The summed E-state index contributed by atoms with van der Waals surface area (Å²) < 4.78 is 5.43. The first-order valence-corrected chi connectivity index (χ1v) is 7.11. The van der Waals surface area contributed by atoms with Crippen LogP contribution in [-0.4, -0.2) is 26.2 Å². The molecule has 2 aromatic carbocycles. The van der Waals surface area contributed by atoms with Gasteiger partial charge in [0, 0.05) is 36.3 Å². The smallest absolute Gasteiger partial charge is 0.132 e. The molecule has 0 aliphatic heterocycles. The Morgan fingerprint density at radius 3 is 2.50 bits per heavy atom. The van der Waals surface area contributed by atoms with Crippen LogP contribution in [0.25, 0.3) is 22.0 Å². The van der Waals surface area contributed by atoms with Crippen molar-refractivity contribution in [3.05, 3.63) is 48.5 Å². The average molecular weight is 293 g/mol. The predicted octanol–water partition coefficient (Wildman–Crippen LogP) is 3.56. The number of hydrogen-bond acceptors (Lipinski definition) is 4. The second-order valence-electron chi connectivity index (χ2n) is 5.39. The summed E-state index contributed by atoms with van der Waals surface area (Å²) in [5.41, 5.74) is 10.0. The highest BCUT2D eigenvalue weighted by Crippen LogP contribution is 2.35. The van der Waals surface area contributed by atoms with Crippen molar-refractivity contribution in [3.8, 4) is 16.9 Å². The van der Waals surface area contributed by atoms with Crippen LogP contribution in [0.1, 0.15) is 0 Å². The fourth-order valence-corrected chi connectivity index (χ4v) is 2.53. The largest absolute Gasteiger partial charge is 0.496 e. The number of benzene rings is 2. The number of anilines is 2. The van der Waals surface area contributed by atoms with Gasteiger partial charge in [-0.3, -0.25) is 0 Å². The highest BCUT2D eigenvalue weighted by molar-refractivity contribution is 5.91. The van der Waals surface area contributed by atoms with Crippen molar-refractivity contribution >= 4 is 22.4 Å². The van der Waals surface area contributed by atoms with E-state index < -0.39 is 0 Å². The lowest BCUT2D eigenvalue weighted by atomic mass is 10.0. The Morgan fingerprint density at radius 1 is 1.00 bits per heavy atom. The summed E-state index contributed by atoms with van der Waals surface area (Å²) in [4.78, 5) is 6.61. The Hall–Kier alpha value is -2.75. The Balaban J connectivity index is 2.19. The van der Waals surface area contributed by atoms with Crippen LogP contribution in [0.5, 0.6) is 5.75 Å². The third kappa shape index (κ3) is 2.44. The molecule has 0 saturated heterocycles. The fourth-order valence-electron chi connectivity index (χ4n) is 2.53. The maximum absolute atomic E-state index is 6.19. The van der Waals surface area contributed by atoms with E-state index in [2.05, 4.69) is 23.2 Å². The van der Waals surface area contributed by atoms with Crippen molar-refractivity contribution < 1.29 is 4.74 Å². The zero-order chi connectivity index (χ0) is 15.7. The van der Waals surface area contributed by atoms with E-state index in [4.69, 9.17) is 10.5 Å². The van der Waals surface area contributed by atoms with Crippen LogP contribution >= 0.6 is 0 Å². The van der Waals surface area contributed by atoms with Gasteiger partial charge in [-0.15, -0.1) is 0 Å². The minimum atomic E-state index is 0.507. The quantitative estimate of drug-likeness (QED) is 0.802. The number of rotatable bonds is 3. The third-order valence-corrected chi connectivity index (χ3v) is 3.74. The van der Waals surface area contributed by atoms with E-state index in [-0.39, 0.29) is 0 Å². The van der Waals surface area contributed by atoms with Gasteiger partial charge in [-0.05, 0) is 24.3 Å². The molecule has 2 N–H and O–H groups in total. The summed E-state index contributed by atoms with van der Waals surface area (Å²) in [7, 11) is 5.67. The molecule has 0 radical (unpaired) electrons. The fraction of sp³-hybridized carbons (Fsp3) is 0.167. The van der Waals surface area contributed by atoms with Gasteiger partial charge in [0.2, 0.25) is 0 Å². The highest BCUT2D eigenvalue weighted by Gasteiger charge is 2.11. The molecule has 0 atom stereocenters. The number of pyridine rings is 1. The predicted molar refractivity (Wildman–Crippen MR) is 92.5 cm³/mol. The van der Waals surface area contributed by atoms with Gasteiger partial charge in [0.15, 0.2) is 0 Å². The molecule has 0 fully saturated rings. The summed E-state index contributed by atoms with van der Waals surface area (Å²) >= 11 is 0. The number of aromatic nitrogens is 1. The Kier molecular flexibility index (Phi) is 3.59. The second-order valence-corrected chi connectivity index (χ2v) is 5.39. The van der Waals surface area contributed by atoms with E-state index in [0.29, 0.717) is 5.82 Å². The summed E-state index contributed by atoms with van der Waals surface area (Å²) in [6.07, 6.45) is 0. The van der Waals surface area contributed by atoms with Crippen LogP contribution in [-0.2, 0) is 0 Å². The van der Waals surface area contributed by atoms with Crippen LogP contribution < -0.4 is 15.4 Å². The van der Waals surface area contributed by atoms with Crippen molar-refractivity contribution in [2.75, 3.05) is 31.8 Å². The standard InChI is InChI=1S/C18H19N3O/c1-21(2)13-9-8-12-10-15(18(19)20-16(12)11-13)14-6-4-5-7-17(14)22-3/h4-11H,1-3H3,(H2,19,20). The monoisotopic (exact) mass is 293 g/mol. The van der Waals surface area contributed by atoms with E-state index in [1.165, 1.54) is 0 Å². The van der Waals surface area contributed by atoms with Crippen molar-refractivity contribution in [2.24, 2.45) is 0 Å². The van der Waals surface area contributed by atoms with E-state index in [1.807, 2.05) is 49.3 Å². The molecule has 0 saturated carbocycles. The molecule has 112 valence electrons. The lowest BCUT2D eigenvalue weighted by Crippen LogP contribution is -2.08. The van der Waals surface area contributed by atoms with Crippen LogP contribution in [0.2, 0.25) is 0 Å². The molecule has 1 heterocycles. The van der Waals surface area contributed by atoms with Gasteiger partial charge < -0.3 is 15.4 Å². The highest BCUT2D eigenvalue weighted by atomic mass is 16.5. The number of nitrogen functional groups attached to an aromatic ring is 1. The maximum atomic E-state index is 6.19. The molecule has 1 aromatic heterocycles. The zero-order valence-corrected chi connectivity index (χ0v) is 13.0. The minimum absolute atomic E-state index is 0.507. The molecule has 0 unspecified atom stereocenters. The van der Waals surface area contributed by atoms with Gasteiger partial charge in [-0.2, -0.15) is 0 Å². The number of para-hydroxylation sites is 1. The van der Waals surface area contributed by atoms with E-state index >= 15 is 0 Å². The zero-order valence-electron chi connectivity index (χ0n) is 13.0. The topological polar surface area (TPSA) is 51.4 Å². The van der Waals surface area contributed by atoms with Gasteiger partial charge in [0.05, 0.1) is 12.6 Å². The second kappa shape index (κ2) is 5.56. The molecule has 3 rings (SSSR count). The minimum Gasteiger partial charge on any atom is -0.496 e. The molecule has 4 nitrogen and oxygen atoms in total. The van der Waals surface area contributed by atoms with E-state index in [1.54, 1.807) is 7.11 Å². The molecular weight excluding hydrogens is 274 g/mol. The summed E-state index contributed by atoms with van der Waals surface area (Å²) in [6.45, 7) is 0. The molecular formula is C18H19N3O. The number of methoxy groups -OCH3 is 1. The third-order valence-electron chi connectivity index (χ3n) is 3.74. The van der Waals surface area contributed by atoms with Crippen LogP contribution in [0.3, 0.4) is 0 Å². The summed E-state index contributed by atoms with van der Waals surface area (Å²) in [6, 6.07) is 16.1. The normalized spacial score (nSPS) is 10.7. The number of nitrogens with two attached hydrogens (primary N) is 1. The van der Waals surface area contributed by atoms with Gasteiger partial charge >= 0.3 is 0 Å². The van der Waals surface area contributed by atoms with Gasteiger partial charge in [0.1, 0.15) is 11.6 Å². The lowest BCUT2D eigenvalue weighted by molar-refractivity contribution is 0.416. The summed E-state index contributed by atoms with van der Waals surface area (Å²) in [5.74, 6) is 1.30. The first-order chi connectivity index (χ1) is 10.6. The molecule has 0 spiro atoms. The number of hydrogen-bond donors (Lipinski definition) is 1. The molecule has 3 aromatic rings. The Morgan fingerprint density at radius 2 is 1.77 bits per heavy atom. The van der Waals surface area contributed by atoms with Gasteiger partial charge in [0.25, 0.3) is 0 Å². The number of fused-ring (bicyclic) bond motifs is 1. The Labute approximate surface area is 130 Å². The van der Waals surface area contributed by atoms with Crippen LogP contribution in [0.4, 0.5) is 11.5 Å². The van der Waals surface area contributed by atoms with E-state index in [9.17, 15) is 0 Å². The molecule has 0 bridgehead atoms. The van der Waals surface area contributed by atoms with Crippen molar-refractivity contribution in [1.82, 2.24) is 4.98 Å². The average Bonchev–Trinajstić information content (AvgIpc) is 2.53. The van der Waals surface area contributed by atoms with E-state index in [0.717, 1.165) is 33.5 Å². The van der Waals surface area contributed by atoms with Crippen molar-refractivity contribution in [3.63, 3.8) is 0 Å². The SMILES string of the molecule is COc1ccccc1-c1cc2ccc(N(C)C)cc2nc1N. The van der Waals surface area contributed by atoms with Gasteiger partial charge in [-0.1, -0.05) is 24.3 Å². The van der Waals surface area contributed by atoms with Crippen LogP contribution in [0.15, 0.2) is 48.5 Å². The molecule has 0 amide bonds. The van der Waals surface area contributed by atoms with Crippen molar-refractivity contribution in [2.45, 2.75) is 0 Å². The number of nitrogens with zero attached hydrogens (tertiary/aromatic N) is 2. The number of ether oxygens (including phenoxy) is 1. The molecule has 4 heteroatoms. The van der Waals surface area contributed by atoms with Crippen molar-refractivity contribution in [1.29, 1.82) is 0 Å². The van der Waals surface area contributed by atoms with Gasteiger partial charge in [-0.25, -0.2) is 4.98 Å². The lowest BCUT2D eigenvalue weighted by Gasteiger charge is -2.14. The molecule has 0 aliphatic rings.